The molecule has 120 valence electrons. The zero-order valence-corrected chi connectivity index (χ0v) is 14.0. The molecule has 23 heavy (non-hydrogen) atoms. The van der Waals surface area contributed by atoms with Crippen LogP contribution in [0, 0.1) is 0 Å². The number of imidazole rings is 1. The molecule has 2 N–H and O–H groups in total. The lowest BCUT2D eigenvalue weighted by Crippen LogP contribution is -2.23. The van der Waals surface area contributed by atoms with Gasteiger partial charge in [-0.1, -0.05) is 13.8 Å². The average molecular weight is 330 g/mol. The van der Waals surface area contributed by atoms with E-state index >= 15 is 0 Å². The number of aromatic nitrogens is 3. The smallest absolute Gasteiger partial charge is 0.271 e. The highest BCUT2D eigenvalue weighted by molar-refractivity contribution is 7.09. The van der Waals surface area contributed by atoms with E-state index < -0.39 is 0 Å². The minimum absolute atomic E-state index is 0.189. The van der Waals surface area contributed by atoms with Crippen LogP contribution in [0.15, 0.2) is 23.6 Å². The fraction of sp³-hybridized carbons (Fsp3) is 0.312. The van der Waals surface area contributed by atoms with Gasteiger partial charge in [-0.2, -0.15) is 0 Å². The predicted molar refractivity (Wildman–Crippen MR) is 90.0 cm³/mol. The molecule has 0 unspecified atom stereocenters. The fourth-order valence-electron chi connectivity index (χ4n) is 2.16. The topological polar surface area (TPSA) is 79.9 Å². The van der Waals surface area contributed by atoms with E-state index in [1.165, 1.54) is 11.3 Å². The Hall–Kier alpha value is -2.41. The van der Waals surface area contributed by atoms with Gasteiger partial charge >= 0.3 is 0 Å². The Kier molecular flexibility index (Phi) is 4.29. The Morgan fingerprint density at radius 3 is 2.91 bits per heavy atom. The van der Waals surface area contributed by atoms with Crippen molar-refractivity contribution in [2.24, 2.45) is 0 Å². The highest BCUT2D eigenvalue weighted by Crippen LogP contribution is 2.20. The number of methoxy groups -OCH3 is 1. The number of thiazole rings is 1. The van der Waals surface area contributed by atoms with Crippen LogP contribution in [0.1, 0.15) is 41.1 Å². The predicted octanol–water partition coefficient (Wildman–Crippen LogP) is 3.08. The lowest BCUT2D eigenvalue weighted by Gasteiger charge is -2.00. The minimum atomic E-state index is -0.189. The molecule has 2 aromatic heterocycles. The molecule has 0 aliphatic rings. The van der Waals surface area contributed by atoms with Gasteiger partial charge in [-0.05, 0) is 12.1 Å². The zero-order valence-electron chi connectivity index (χ0n) is 13.2. The summed E-state index contributed by atoms with van der Waals surface area (Å²) in [5, 5.41) is 5.59. The van der Waals surface area contributed by atoms with Crippen molar-refractivity contribution < 1.29 is 9.53 Å². The fourth-order valence-corrected chi connectivity index (χ4v) is 2.98. The summed E-state index contributed by atoms with van der Waals surface area (Å²) in [5.74, 6) is 1.60. The van der Waals surface area contributed by atoms with Crippen LogP contribution in [0.5, 0.6) is 5.75 Å². The summed E-state index contributed by atoms with van der Waals surface area (Å²) < 4.78 is 5.18. The molecule has 0 spiro atoms. The zero-order chi connectivity index (χ0) is 16.4. The van der Waals surface area contributed by atoms with Gasteiger partial charge in [0.15, 0.2) is 0 Å². The third-order valence-corrected chi connectivity index (χ3v) is 4.55. The standard InChI is InChI=1S/C16H18N4O2S/c1-9(2)16-20-13(8-23-16)15(21)17-7-14-18-11-5-4-10(22-3)6-12(11)19-14/h4-6,8-9H,7H2,1-3H3,(H,17,21)(H,18,19). The Bertz CT molecular complexity index is 838. The van der Waals surface area contributed by atoms with Gasteiger partial charge in [0.2, 0.25) is 0 Å². The summed E-state index contributed by atoms with van der Waals surface area (Å²) in [5.41, 5.74) is 2.17. The van der Waals surface area contributed by atoms with Gasteiger partial charge in [0.25, 0.3) is 5.91 Å². The third-order valence-electron chi connectivity index (χ3n) is 3.40. The van der Waals surface area contributed by atoms with Crippen LogP contribution in [0.2, 0.25) is 0 Å². The van der Waals surface area contributed by atoms with Crippen molar-refractivity contribution >= 4 is 28.3 Å². The van der Waals surface area contributed by atoms with E-state index in [0.29, 0.717) is 24.0 Å². The molecule has 0 bridgehead atoms. The van der Waals surface area contributed by atoms with Crippen molar-refractivity contribution in [2.45, 2.75) is 26.3 Å². The first-order chi connectivity index (χ1) is 11.1. The van der Waals surface area contributed by atoms with Gasteiger partial charge in [-0.3, -0.25) is 4.79 Å². The Labute approximate surface area is 137 Å². The first kappa shape index (κ1) is 15.5. The highest BCUT2D eigenvalue weighted by atomic mass is 32.1. The number of nitrogens with one attached hydrogen (secondary N) is 2. The molecule has 0 radical (unpaired) electrons. The van der Waals surface area contributed by atoms with E-state index in [-0.39, 0.29) is 5.91 Å². The molecule has 0 aliphatic carbocycles. The molecule has 0 saturated carbocycles. The van der Waals surface area contributed by atoms with E-state index in [0.717, 1.165) is 21.8 Å². The van der Waals surface area contributed by atoms with Crippen LogP contribution >= 0.6 is 11.3 Å². The number of carbonyl (C=O) groups is 1. The summed E-state index contributed by atoms with van der Waals surface area (Å²) >= 11 is 1.51. The molecule has 1 aromatic carbocycles. The number of hydrogen-bond acceptors (Lipinski definition) is 5. The molecule has 0 saturated heterocycles. The van der Waals surface area contributed by atoms with Crippen molar-refractivity contribution in [1.82, 2.24) is 20.3 Å². The van der Waals surface area contributed by atoms with E-state index in [9.17, 15) is 4.79 Å². The molecule has 2 heterocycles. The number of hydrogen-bond donors (Lipinski definition) is 2. The van der Waals surface area contributed by atoms with Crippen LogP contribution in [-0.2, 0) is 6.54 Å². The van der Waals surface area contributed by atoms with Crippen LogP contribution < -0.4 is 10.1 Å². The number of ether oxygens (including phenoxy) is 1. The third kappa shape index (κ3) is 3.34. The molecular weight excluding hydrogens is 312 g/mol. The number of amides is 1. The van der Waals surface area contributed by atoms with Crippen molar-refractivity contribution in [3.8, 4) is 5.75 Å². The molecule has 0 aliphatic heterocycles. The van der Waals surface area contributed by atoms with Gasteiger partial charge in [-0.25, -0.2) is 9.97 Å². The molecule has 1 amide bonds. The second-order valence-corrected chi connectivity index (χ2v) is 6.36. The number of H-pyrrole nitrogens is 1. The van der Waals surface area contributed by atoms with E-state index in [1.54, 1.807) is 12.5 Å². The summed E-state index contributed by atoms with van der Waals surface area (Å²) in [6.07, 6.45) is 0. The molecule has 3 rings (SSSR count). The van der Waals surface area contributed by atoms with Crippen LogP contribution in [0.3, 0.4) is 0 Å². The number of benzene rings is 1. The second kappa shape index (κ2) is 6.37. The van der Waals surface area contributed by atoms with Gasteiger partial charge in [0.05, 0.1) is 29.7 Å². The number of fused-ring (bicyclic) bond motifs is 1. The van der Waals surface area contributed by atoms with Gasteiger partial charge in [-0.15, -0.1) is 11.3 Å². The summed E-state index contributed by atoms with van der Waals surface area (Å²) in [4.78, 5) is 24.1. The van der Waals surface area contributed by atoms with Crippen molar-refractivity contribution in [3.05, 3.63) is 40.1 Å². The Balaban J connectivity index is 1.68. The first-order valence-electron chi connectivity index (χ1n) is 7.33. The number of rotatable bonds is 5. The van der Waals surface area contributed by atoms with Crippen LogP contribution in [0.4, 0.5) is 0 Å². The number of aromatic amines is 1. The monoisotopic (exact) mass is 330 g/mol. The van der Waals surface area contributed by atoms with Crippen molar-refractivity contribution in [2.75, 3.05) is 7.11 Å². The maximum absolute atomic E-state index is 12.1. The second-order valence-electron chi connectivity index (χ2n) is 5.47. The van der Waals surface area contributed by atoms with E-state index in [4.69, 9.17) is 4.74 Å². The van der Waals surface area contributed by atoms with Gasteiger partial charge in [0, 0.05) is 17.4 Å². The lowest BCUT2D eigenvalue weighted by molar-refractivity contribution is 0.0945. The van der Waals surface area contributed by atoms with Crippen molar-refractivity contribution in [1.29, 1.82) is 0 Å². The van der Waals surface area contributed by atoms with Crippen molar-refractivity contribution in [3.63, 3.8) is 0 Å². The summed E-state index contributed by atoms with van der Waals surface area (Å²) in [6.45, 7) is 4.44. The molecule has 7 heteroatoms. The summed E-state index contributed by atoms with van der Waals surface area (Å²) in [7, 11) is 1.62. The van der Waals surface area contributed by atoms with E-state index in [2.05, 4.69) is 34.1 Å². The van der Waals surface area contributed by atoms with E-state index in [1.807, 2.05) is 18.2 Å². The van der Waals surface area contributed by atoms with Gasteiger partial charge in [0.1, 0.15) is 17.3 Å². The van der Waals surface area contributed by atoms with Crippen LogP contribution in [-0.4, -0.2) is 28.0 Å². The maximum Gasteiger partial charge on any atom is 0.271 e. The quantitative estimate of drug-likeness (QED) is 0.753. The molecule has 0 fully saturated rings. The SMILES string of the molecule is COc1ccc2nc(CNC(=O)c3csc(C(C)C)n3)[nH]c2c1. The highest BCUT2D eigenvalue weighted by Gasteiger charge is 2.13. The summed E-state index contributed by atoms with van der Waals surface area (Å²) in [6, 6.07) is 5.61. The largest absolute Gasteiger partial charge is 0.497 e. The molecule has 0 atom stereocenters. The lowest BCUT2D eigenvalue weighted by atomic mass is 10.2. The molecule has 3 aromatic rings. The Morgan fingerprint density at radius 2 is 2.22 bits per heavy atom. The molecule has 6 nitrogen and oxygen atoms in total. The first-order valence-corrected chi connectivity index (χ1v) is 8.21. The minimum Gasteiger partial charge on any atom is -0.497 e. The maximum atomic E-state index is 12.1. The number of carbonyl (C=O) groups excluding carboxylic acids is 1. The number of nitrogens with zero attached hydrogens (tertiary/aromatic N) is 2. The normalized spacial score (nSPS) is 11.1. The molecular formula is C16H18N4O2S. The van der Waals surface area contributed by atoms with Gasteiger partial charge < -0.3 is 15.0 Å². The Morgan fingerprint density at radius 1 is 1.39 bits per heavy atom. The van der Waals surface area contributed by atoms with Crippen LogP contribution in [0.25, 0.3) is 11.0 Å². The average Bonchev–Trinajstić information content (AvgIpc) is 3.18.